The molecule has 1 aliphatic rings. The van der Waals surface area contributed by atoms with Gasteiger partial charge in [0.05, 0.1) is 17.3 Å². The second kappa shape index (κ2) is 10.2. The minimum absolute atomic E-state index is 0.0483. The van der Waals surface area contributed by atoms with Crippen molar-refractivity contribution in [3.63, 3.8) is 0 Å². The molecule has 1 fully saturated rings. The van der Waals surface area contributed by atoms with Crippen molar-refractivity contribution in [1.82, 2.24) is 15.2 Å². The van der Waals surface area contributed by atoms with Crippen molar-refractivity contribution < 1.29 is 13.9 Å². The Labute approximate surface area is 204 Å². The third-order valence-corrected chi connectivity index (χ3v) is 6.11. The summed E-state index contributed by atoms with van der Waals surface area (Å²) in [5, 5.41) is 13.9. The minimum Gasteiger partial charge on any atom is -0.457 e. The third kappa shape index (κ3) is 5.33. The topological polar surface area (TPSA) is 90.3 Å². The van der Waals surface area contributed by atoms with Gasteiger partial charge in [0, 0.05) is 61.0 Å². The number of nitrogens with one attached hydrogen (secondary N) is 3. The molecule has 8 heteroatoms. The number of likely N-dealkylation sites (tertiary alicyclic amines) is 1. The van der Waals surface area contributed by atoms with E-state index in [1.54, 1.807) is 38.4 Å². The van der Waals surface area contributed by atoms with Gasteiger partial charge in [-0.2, -0.15) is 0 Å². The number of nitrogens with zero attached hydrogens (tertiary/aromatic N) is 2. The number of aryl methyl sites for hydroxylation is 1. The fourth-order valence-electron chi connectivity index (χ4n) is 4.28. The van der Waals surface area contributed by atoms with E-state index in [0.717, 1.165) is 24.3 Å². The van der Waals surface area contributed by atoms with E-state index in [2.05, 4.69) is 20.5 Å². The highest BCUT2D eigenvalue weighted by Crippen LogP contribution is 2.31. The van der Waals surface area contributed by atoms with Crippen LogP contribution < -0.4 is 15.4 Å². The number of ether oxygens (including phenoxy) is 1. The number of amides is 1. The number of halogens is 1. The number of anilines is 1. The summed E-state index contributed by atoms with van der Waals surface area (Å²) in [7, 11) is 3.77. The summed E-state index contributed by atoms with van der Waals surface area (Å²) in [5.41, 5.74) is 3.90. The van der Waals surface area contributed by atoms with Crippen molar-refractivity contribution >= 4 is 17.3 Å². The molecule has 0 aliphatic carbocycles. The van der Waals surface area contributed by atoms with Gasteiger partial charge in [-0.1, -0.05) is 6.92 Å². The standard InChI is InChI=1S/C27H30FN5O2/c1-5-17-10-18(11-23(28)26(17)27(34)32-19-14-33(4)15-19)24-12-21(8-9-31-24)35-20-6-7-22(16(2)29)25(13-20)30-3/h6-13,19,29-30H,5,14-15H2,1-4H3,(H,32,34). The summed E-state index contributed by atoms with van der Waals surface area (Å²) < 4.78 is 21.2. The highest BCUT2D eigenvalue weighted by molar-refractivity contribution is 6.01. The molecule has 2 aromatic carbocycles. The molecule has 1 saturated heterocycles. The van der Waals surface area contributed by atoms with Crippen LogP contribution in [0.4, 0.5) is 10.1 Å². The number of carbonyl (C=O) groups is 1. The van der Waals surface area contributed by atoms with Gasteiger partial charge in [0.2, 0.25) is 0 Å². The monoisotopic (exact) mass is 475 g/mol. The van der Waals surface area contributed by atoms with Crippen LogP contribution in [0.2, 0.25) is 0 Å². The van der Waals surface area contributed by atoms with E-state index in [9.17, 15) is 4.79 Å². The molecule has 0 bridgehead atoms. The summed E-state index contributed by atoms with van der Waals surface area (Å²) in [6.45, 7) is 5.17. The Bertz CT molecular complexity index is 1270. The molecular weight excluding hydrogens is 445 g/mol. The molecular formula is C27H30FN5O2. The van der Waals surface area contributed by atoms with Gasteiger partial charge in [0.1, 0.15) is 17.3 Å². The maximum absolute atomic E-state index is 15.2. The fraction of sp³-hybridized carbons (Fsp3) is 0.296. The maximum atomic E-state index is 15.2. The molecule has 35 heavy (non-hydrogen) atoms. The Morgan fingerprint density at radius 2 is 1.94 bits per heavy atom. The van der Waals surface area contributed by atoms with Crippen LogP contribution in [0, 0.1) is 11.2 Å². The Kier molecular flexibility index (Phi) is 7.12. The van der Waals surface area contributed by atoms with Crippen LogP contribution in [0.15, 0.2) is 48.7 Å². The smallest absolute Gasteiger partial charge is 0.254 e. The number of benzene rings is 2. The van der Waals surface area contributed by atoms with E-state index < -0.39 is 5.82 Å². The summed E-state index contributed by atoms with van der Waals surface area (Å²) in [4.78, 5) is 19.2. The van der Waals surface area contributed by atoms with Crippen LogP contribution in [0.1, 0.15) is 35.3 Å². The Morgan fingerprint density at radius 3 is 2.60 bits per heavy atom. The number of rotatable bonds is 8. The van der Waals surface area contributed by atoms with E-state index in [1.807, 2.05) is 32.2 Å². The number of likely N-dealkylation sites (N-methyl/N-ethyl adjacent to an activating group) is 1. The second-order valence-corrected chi connectivity index (χ2v) is 8.80. The van der Waals surface area contributed by atoms with Crippen molar-refractivity contribution in [2.45, 2.75) is 26.3 Å². The quantitative estimate of drug-likeness (QED) is 0.411. The van der Waals surface area contributed by atoms with Gasteiger partial charge < -0.3 is 25.7 Å². The first-order valence-corrected chi connectivity index (χ1v) is 11.6. The SMILES string of the molecule is CCc1cc(-c2cc(Oc3ccc(C(C)=N)c(NC)c3)ccn2)cc(F)c1C(=O)NC1CN(C)C1. The van der Waals surface area contributed by atoms with Gasteiger partial charge in [-0.15, -0.1) is 0 Å². The molecule has 0 atom stereocenters. The van der Waals surface area contributed by atoms with Gasteiger partial charge in [-0.3, -0.25) is 9.78 Å². The maximum Gasteiger partial charge on any atom is 0.254 e. The summed E-state index contributed by atoms with van der Waals surface area (Å²) in [5.74, 6) is 0.211. The zero-order valence-corrected chi connectivity index (χ0v) is 20.4. The third-order valence-electron chi connectivity index (χ3n) is 6.11. The first-order valence-electron chi connectivity index (χ1n) is 11.6. The van der Waals surface area contributed by atoms with Crippen LogP contribution in [0.5, 0.6) is 11.5 Å². The van der Waals surface area contributed by atoms with Crippen LogP contribution >= 0.6 is 0 Å². The van der Waals surface area contributed by atoms with Crippen molar-refractivity contribution in [3.8, 4) is 22.8 Å². The van der Waals surface area contributed by atoms with Crippen molar-refractivity contribution in [3.05, 3.63) is 71.2 Å². The van der Waals surface area contributed by atoms with Gasteiger partial charge >= 0.3 is 0 Å². The number of pyridine rings is 1. The van der Waals surface area contributed by atoms with Crippen LogP contribution in [-0.4, -0.2) is 54.7 Å². The molecule has 1 amide bonds. The highest BCUT2D eigenvalue weighted by Gasteiger charge is 2.27. The van der Waals surface area contributed by atoms with Gasteiger partial charge in [-0.25, -0.2) is 4.39 Å². The molecule has 7 nitrogen and oxygen atoms in total. The Balaban J connectivity index is 1.58. The predicted octanol–water partition coefficient (Wildman–Crippen LogP) is 4.72. The van der Waals surface area contributed by atoms with Gasteiger partial charge in [-0.05, 0) is 56.3 Å². The number of hydrogen-bond acceptors (Lipinski definition) is 6. The first-order chi connectivity index (χ1) is 16.8. The lowest BCUT2D eigenvalue weighted by Gasteiger charge is -2.36. The molecule has 4 rings (SSSR count). The summed E-state index contributed by atoms with van der Waals surface area (Å²) in [6.07, 6.45) is 2.12. The molecule has 0 saturated carbocycles. The number of carbonyl (C=O) groups excluding carboxylic acids is 1. The average Bonchev–Trinajstić information content (AvgIpc) is 2.82. The van der Waals surface area contributed by atoms with Crippen molar-refractivity contribution in [2.75, 3.05) is 32.5 Å². The Hall–Kier alpha value is -3.78. The Morgan fingerprint density at radius 1 is 1.20 bits per heavy atom. The second-order valence-electron chi connectivity index (χ2n) is 8.80. The summed E-state index contributed by atoms with van der Waals surface area (Å²) in [6, 6.07) is 12.2. The normalized spacial score (nSPS) is 13.7. The predicted molar refractivity (Wildman–Crippen MR) is 136 cm³/mol. The lowest BCUT2D eigenvalue weighted by Crippen LogP contribution is -2.57. The first kappa shape index (κ1) is 24.3. The summed E-state index contributed by atoms with van der Waals surface area (Å²) >= 11 is 0. The van der Waals surface area contributed by atoms with Crippen LogP contribution in [-0.2, 0) is 6.42 Å². The highest BCUT2D eigenvalue weighted by atomic mass is 19.1. The minimum atomic E-state index is -0.561. The molecule has 3 aromatic rings. The van der Waals surface area contributed by atoms with E-state index in [0.29, 0.717) is 40.5 Å². The molecule has 0 unspecified atom stereocenters. The zero-order chi connectivity index (χ0) is 25.1. The molecule has 0 spiro atoms. The van der Waals surface area contributed by atoms with Gasteiger partial charge in [0.15, 0.2) is 0 Å². The van der Waals surface area contributed by atoms with E-state index in [4.69, 9.17) is 10.1 Å². The van der Waals surface area contributed by atoms with Crippen LogP contribution in [0.3, 0.4) is 0 Å². The lowest BCUT2D eigenvalue weighted by molar-refractivity contribution is 0.0853. The molecule has 1 aliphatic heterocycles. The zero-order valence-electron chi connectivity index (χ0n) is 20.4. The number of aromatic nitrogens is 1. The molecule has 3 N–H and O–H groups in total. The van der Waals surface area contributed by atoms with Gasteiger partial charge in [0.25, 0.3) is 5.91 Å². The largest absolute Gasteiger partial charge is 0.457 e. The van der Waals surface area contributed by atoms with Crippen molar-refractivity contribution in [2.24, 2.45) is 0 Å². The average molecular weight is 476 g/mol. The van der Waals surface area contributed by atoms with Crippen molar-refractivity contribution in [1.29, 1.82) is 5.41 Å². The molecule has 0 radical (unpaired) electrons. The van der Waals surface area contributed by atoms with E-state index >= 15 is 4.39 Å². The van der Waals surface area contributed by atoms with E-state index in [-0.39, 0.29) is 17.5 Å². The van der Waals surface area contributed by atoms with E-state index in [1.165, 1.54) is 6.07 Å². The molecule has 2 heterocycles. The lowest BCUT2D eigenvalue weighted by atomic mass is 9.98. The number of hydrogen-bond donors (Lipinski definition) is 3. The molecule has 182 valence electrons. The fourth-order valence-corrected chi connectivity index (χ4v) is 4.28. The molecule has 1 aromatic heterocycles. The van der Waals surface area contributed by atoms with Crippen LogP contribution in [0.25, 0.3) is 11.3 Å².